The molecule has 0 atom stereocenters. The Kier molecular flexibility index (Phi) is 11.2. The van der Waals surface area contributed by atoms with Crippen LogP contribution in [0.25, 0.3) is 113 Å². The molecule has 4 aromatic heterocycles. The number of hydrogen-bond donors (Lipinski definition) is 0. The summed E-state index contributed by atoms with van der Waals surface area (Å²) in [7, 11) is 0. The summed E-state index contributed by atoms with van der Waals surface area (Å²) in [5, 5.41) is 0. The monoisotopic (exact) mass is 874 g/mol. The van der Waals surface area contributed by atoms with Gasteiger partial charge in [-0.3, -0.25) is 9.97 Å². The van der Waals surface area contributed by atoms with Crippen LogP contribution in [-0.2, 0) is 0 Å². The van der Waals surface area contributed by atoms with Crippen LogP contribution in [0, 0.1) is 13.8 Å². The van der Waals surface area contributed by atoms with E-state index in [0.29, 0.717) is 34.9 Å². The summed E-state index contributed by atoms with van der Waals surface area (Å²) in [5.74, 6) is 3.49. The minimum atomic E-state index is 0.552. The smallest absolute Gasteiger partial charge is 0.164 e. The van der Waals surface area contributed by atoms with Gasteiger partial charge in [-0.1, -0.05) is 182 Å². The summed E-state index contributed by atoms with van der Waals surface area (Å²) in [6.45, 7) is 4.10. The first kappa shape index (κ1) is 41.6. The number of aryl methyl sites for hydroxylation is 2. The molecule has 0 amide bonds. The first-order valence-corrected chi connectivity index (χ1v) is 22.5. The topological polar surface area (TPSA) is 103 Å². The molecule has 4 heterocycles. The maximum atomic E-state index is 5.30. The molecule has 0 aliphatic carbocycles. The molecule has 0 N–H and O–H groups in total. The predicted molar refractivity (Wildman–Crippen MR) is 273 cm³/mol. The van der Waals surface area contributed by atoms with Crippen molar-refractivity contribution < 1.29 is 0 Å². The minimum Gasteiger partial charge on any atom is -0.264 e. The first-order valence-electron chi connectivity index (χ1n) is 22.5. The molecule has 68 heavy (non-hydrogen) atoms. The van der Waals surface area contributed by atoms with Crippen LogP contribution in [-0.4, -0.2) is 39.9 Å². The molecular weight excluding hydrogens is 833 g/mol. The maximum absolute atomic E-state index is 5.30. The third kappa shape index (κ3) is 8.45. The fraction of sp³-hybridized carbons (Fsp3) is 0.0333. The van der Waals surface area contributed by atoms with E-state index in [0.717, 1.165) is 89.3 Å². The molecular formula is C60H42N8. The Labute approximate surface area is 394 Å². The molecule has 0 unspecified atom stereocenters. The minimum absolute atomic E-state index is 0.552. The van der Waals surface area contributed by atoms with Crippen LogP contribution in [0.2, 0.25) is 0 Å². The predicted octanol–water partition coefficient (Wildman–Crippen LogP) is 14.1. The molecule has 0 radical (unpaired) electrons. The van der Waals surface area contributed by atoms with Gasteiger partial charge in [-0.05, 0) is 71.5 Å². The van der Waals surface area contributed by atoms with Gasteiger partial charge in [-0.15, -0.1) is 0 Å². The molecule has 0 fully saturated rings. The van der Waals surface area contributed by atoms with Crippen molar-refractivity contribution >= 4 is 0 Å². The van der Waals surface area contributed by atoms with Crippen molar-refractivity contribution in [1.82, 2.24) is 39.9 Å². The van der Waals surface area contributed by atoms with Gasteiger partial charge < -0.3 is 0 Å². The zero-order chi connectivity index (χ0) is 45.8. The molecule has 11 aromatic rings. The molecule has 0 aliphatic rings. The molecule has 11 rings (SSSR count). The van der Waals surface area contributed by atoms with Crippen molar-refractivity contribution in [2.24, 2.45) is 0 Å². The number of hydrogen-bond acceptors (Lipinski definition) is 8. The molecule has 0 bridgehead atoms. The van der Waals surface area contributed by atoms with Gasteiger partial charge in [0.25, 0.3) is 0 Å². The maximum Gasteiger partial charge on any atom is 0.164 e. The highest BCUT2D eigenvalue weighted by molar-refractivity contribution is 5.99. The Morgan fingerprint density at radius 3 is 1.25 bits per heavy atom. The Bertz CT molecular complexity index is 3520. The van der Waals surface area contributed by atoms with Gasteiger partial charge in [-0.25, -0.2) is 29.9 Å². The van der Waals surface area contributed by atoms with E-state index in [4.69, 9.17) is 34.9 Å². The second-order valence-electron chi connectivity index (χ2n) is 16.5. The van der Waals surface area contributed by atoms with Crippen molar-refractivity contribution in [2.45, 2.75) is 13.8 Å². The zero-order valence-corrected chi connectivity index (χ0v) is 37.4. The van der Waals surface area contributed by atoms with E-state index >= 15 is 0 Å². The summed E-state index contributed by atoms with van der Waals surface area (Å²) in [6, 6.07) is 70.0. The summed E-state index contributed by atoms with van der Waals surface area (Å²) in [4.78, 5) is 40.1. The van der Waals surface area contributed by atoms with Crippen LogP contribution in [0.1, 0.15) is 11.4 Å². The summed E-state index contributed by atoms with van der Waals surface area (Å²) < 4.78 is 0. The van der Waals surface area contributed by atoms with Gasteiger partial charge in [-0.2, -0.15) is 0 Å². The fourth-order valence-electron chi connectivity index (χ4n) is 8.65. The van der Waals surface area contributed by atoms with E-state index in [9.17, 15) is 0 Å². The fourth-order valence-corrected chi connectivity index (χ4v) is 8.65. The lowest BCUT2D eigenvalue weighted by molar-refractivity contribution is 1.07. The average Bonchev–Trinajstić information content (AvgIpc) is 3.41. The van der Waals surface area contributed by atoms with Crippen molar-refractivity contribution in [3.63, 3.8) is 0 Å². The van der Waals surface area contributed by atoms with E-state index < -0.39 is 0 Å². The molecule has 0 saturated heterocycles. The lowest BCUT2D eigenvalue weighted by Crippen LogP contribution is -2.02. The Hall–Kier alpha value is -9.14. The molecule has 8 heteroatoms. The molecule has 0 spiro atoms. The highest BCUT2D eigenvalue weighted by atomic mass is 15.0. The number of benzene rings is 7. The van der Waals surface area contributed by atoms with Crippen LogP contribution in [0.15, 0.2) is 219 Å². The van der Waals surface area contributed by atoms with E-state index in [1.165, 1.54) is 0 Å². The van der Waals surface area contributed by atoms with Crippen molar-refractivity contribution in [2.75, 3.05) is 0 Å². The van der Waals surface area contributed by atoms with Crippen LogP contribution in [0.4, 0.5) is 0 Å². The van der Waals surface area contributed by atoms with Crippen LogP contribution in [0.5, 0.6) is 0 Å². The number of aromatic nitrogens is 8. The summed E-state index contributed by atoms with van der Waals surface area (Å²) >= 11 is 0. The largest absolute Gasteiger partial charge is 0.264 e. The highest BCUT2D eigenvalue weighted by Crippen LogP contribution is 2.45. The number of rotatable bonds is 10. The Morgan fingerprint density at radius 2 is 0.691 bits per heavy atom. The Morgan fingerprint density at radius 1 is 0.265 bits per heavy atom. The van der Waals surface area contributed by atoms with Crippen molar-refractivity contribution in [3.05, 3.63) is 230 Å². The van der Waals surface area contributed by atoms with Crippen LogP contribution < -0.4 is 0 Å². The molecule has 8 nitrogen and oxygen atoms in total. The lowest BCUT2D eigenvalue weighted by Gasteiger charge is -2.20. The van der Waals surface area contributed by atoms with Crippen molar-refractivity contribution in [3.8, 4) is 113 Å². The van der Waals surface area contributed by atoms with Crippen LogP contribution in [0.3, 0.4) is 0 Å². The highest BCUT2D eigenvalue weighted by Gasteiger charge is 2.23. The van der Waals surface area contributed by atoms with Gasteiger partial charge in [0.1, 0.15) is 0 Å². The van der Waals surface area contributed by atoms with E-state index in [-0.39, 0.29) is 0 Å². The first-order chi connectivity index (χ1) is 33.5. The standard InChI is InChI=1S/C60H42N8/c1-39-33-34-49(40(2)62-39)51-32-16-31-50(45-25-15-27-47(37-45)58-64-55(41-18-6-3-7-19-41)63-56(65-58)42-20-8-4-9-21-42)54(51)52-29-12-13-30-53(52)60-67-57(43-22-10-5-11-23-43)66-59(68-60)46-26-14-24-44(36-46)48-28-17-35-61-38-48/h3-38H,1-2H3. The molecule has 0 aliphatic heterocycles. The van der Waals surface area contributed by atoms with Gasteiger partial charge in [0, 0.05) is 68.3 Å². The Balaban J connectivity index is 1.12. The molecule has 322 valence electrons. The lowest BCUT2D eigenvalue weighted by atomic mass is 9.85. The van der Waals surface area contributed by atoms with Gasteiger partial charge in [0.15, 0.2) is 34.9 Å². The van der Waals surface area contributed by atoms with Gasteiger partial charge >= 0.3 is 0 Å². The third-order valence-electron chi connectivity index (χ3n) is 11.9. The van der Waals surface area contributed by atoms with E-state index in [1.807, 2.05) is 128 Å². The van der Waals surface area contributed by atoms with Crippen LogP contribution >= 0.6 is 0 Å². The van der Waals surface area contributed by atoms with Gasteiger partial charge in [0.05, 0.1) is 0 Å². The second kappa shape index (κ2) is 18.4. The molecule has 7 aromatic carbocycles. The van der Waals surface area contributed by atoms with E-state index in [1.54, 1.807) is 6.20 Å². The number of pyridine rings is 2. The van der Waals surface area contributed by atoms with Gasteiger partial charge in [0.2, 0.25) is 0 Å². The average molecular weight is 875 g/mol. The summed E-state index contributed by atoms with van der Waals surface area (Å²) in [5.41, 5.74) is 15.3. The normalized spacial score (nSPS) is 11.1. The SMILES string of the molecule is Cc1ccc(-c2cccc(-c3cccc(-c4nc(-c5ccccc5)nc(-c5ccccc5)n4)c3)c2-c2ccccc2-c2nc(-c3ccccc3)nc(-c3cccc(-c4cccnc4)c3)n2)c(C)n1. The van der Waals surface area contributed by atoms with E-state index in [2.05, 4.69) is 103 Å². The quantitative estimate of drug-likeness (QED) is 0.134. The zero-order valence-electron chi connectivity index (χ0n) is 37.4. The second-order valence-corrected chi connectivity index (χ2v) is 16.5. The third-order valence-corrected chi connectivity index (χ3v) is 11.9. The molecule has 0 saturated carbocycles. The number of nitrogens with zero attached hydrogens (tertiary/aromatic N) is 8. The van der Waals surface area contributed by atoms with Crippen molar-refractivity contribution in [1.29, 1.82) is 0 Å². The summed E-state index contributed by atoms with van der Waals surface area (Å²) in [6.07, 6.45) is 3.65.